The average Bonchev–Trinajstić information content (AvgIpc) is 3.38. The van der Waals surface area contributed by atoms with Gasteiger partial charge in [-0.15, -0.1) is 0 Å². The third-order valence-corrected chi connectivity index (χ3v) is 6.47. The summed E-state index contributed by atoms with van der Waals surface area (Å²) < 4.78 is 10.2. The third kappa shape index (κ3) is 3.74. The van der Waals surface area contributed by atoms with Crippen molar-refractivity contribution in [3.8, 4) is 28.7 Å². The van der Waals surface area contributed by atoms with Gasteiger partial charge in [-0.3, -0.25) is 4.90 Å². The van der Waals surface area contributed by atoms with Crippen LogP contribution in [0.3, 0.4) is 0 Å². The fraction of sp³-hybridized carbons (Fsp3) is 0.522. The van der Waals surface area contributed by atoms with Crippen LogP contribution in [-0.2, 0) is 6.54 Å². The minimum atomic E-state index is 0.227. The minimum absolute atomic E-state index is 0.227. The molecule has 1 unspecified atom stereocenters. The number of rotatable bonds is 4. The summed E-state index contributed by atoms with van der Waals surface area (Å²) in [6.45, 7) is 12.3. The zero-order valence-electron chi connectivity index (χ0n) is 18.8. The first-order valence-corrected chi connectivity index (χ1v) is 11.2. The van der Waals surface area contributed by atoms with Gasteiger partial charge in [0.1, 0.15) is 30.2 Å². The van der Waals surface area contributed by atoms with Crippen molar-refractivity contribution in [2.45, 2.75) is 39.4 Å². The minimum Gasteiger partial charge on any atom is -0.491 e. The number of hydrogen-bond donors (Lipinski definition) is 0. The number of hydrogen-bond acceptors (Lipinski definition) is 6. The van der Waals surface area contributed by atoms with Crippen LogP contribution in [0.15, 0.2) is 30.7 Å². The molecule has 31 heavy (non-hydrogen) atoms. The number of piperazine rings is 1. The molecule has 1 fully saturated rings. The van der Waals surface area contributed by atoms with Crippen LogP contribution in [0, 0.1) is 0 Å². The van der Waals surface area contributed by atoms with E-state index in [1.807, 2.05) is 4.68 Å². The van der Waals surface area contributed by atoms with E-state index in [-0.39, 0.29) is 6.04 Å². The molecule has 0 N–H and O–H groups in total. The maximum atomic E-state index is 6.06. The molecule has 0 spiro atoms. The first-order valence-electron chi connectivity index (χ1n) is 11.2. The number of likely N-dealkylation sites (N-methyl/N-ethyl adjacent to an activating group) is 1. The van der Waals surface area contributed by atoms with Crippen molar-refractivity contribution in [1.82, 2.24) is 34.1 Å². The van der Waals surface area contributed by atoms with Crippen LogP contribution < -0.4 is 4.74 Å². The molecule has 0 aliphatic carbocycles. The van der Waals surface area contributed by atoms with Crippen LogP contribution in [0.25, 0.3) is 22.9 Å². The highest BCUT2D eigenvalue weighted by molar-refractivity contribution is 5.69. The first-order chi connectivity index (χ1) is 15.0. The molecule has 1 saturated heterocycles. The Morgan fingerprint density at radius 2 is 1.81 bits per heavy atom. The Morgan fingerprint density at radius 3 is 2.58 bits per heavy atom. The topological polar surface area (TPSA) is 64.2 Å². The Balaban J connectivity index is 1.51. The molecular formula is C23H31N7O. The van der Waals surface area contributed by atoms with E-state index in [1.165, 1.54) is 5.56 Å². The molecule has 0 amide bonds. The summed E-state index contributed by atoms with van der Waals surface area (Å²) in [6, 6.07) is 7.16. The van der Waals surface area contributed by atoms with Gasteiger partial charge >= 0.3 is 0 Å². The van der Waals surface area contributed by atoms with Crippen molar-refractivity contribution in [3.05, 3.63) is 36.3 Å². The Hall–Kier alpha value is -2.71. The van der Waals surface area contributed by atoms with Gasteiger partial charge in [-0.2, -0.15) is 5.10 Å². The average molecular weight is 422 g/mol. The molecule has 3 aromatic rings. The first kappa shape index (κ1) is 20.2. The second kappa shape index (κ2) is 8.09. The molecule has 8 nitrogen and oxygen atoms in total. The Kier molecular flexibility index (Phi) is 5.27. The number of nitrogens with zero attached hydrogens (tertiary/aromatic N) is 7. The van der Waals surface area contributed by atoms with E-state index in [4.69, 9.17) is 9.72 Å². The van der Waals surface area contributed by atoms with Crippen molar-refractivity contribution in [1.29, 1.82) is 0 Å². The quantitative estimate of drug-likeness (QED) is 0.645. The number of benzene rings is 1. The van der Waals surface area contributed by atoms with E-state index >= 15 is 0 Å². The molecule has 1 atom stereocenters. The number of fused-ring (bicyclic) bond motifs is 3. The van der Waals surface area contributed by atoms with Gasteiger partial charge in [0.2, 0.25) is 0 Å². The van der Waals surface area contributed by atoms with E-state index in [0.29, 0.717) is 12.6 Å². The Morgan fingerprint density at radius 1 is 1.00 bits per heavy atom. The molecule has 0 radical (unpaired) electrons. The summed E-state index contributed by atoms with van der Waals surface area (Å²) in [5.41, 5.74) is 3.21. The maximum Gasteiger partial charge on any atom is 0.178 e. The van der Waals surface area contributed by atoms with E-state index in [2.05, 4.69) is 76.7 Å². The molecule has 2 aliphatic heterocycles. The predicted octanol–water partition coefficient (Wildman–Crippen LogP) is 3.09. The zero-order chi connectivity index (χ0) is 21.5. The fourth-order valence-electron chi connectivity index (χ4n) is 4.50. The summed E-state index contributed by atoms with van der Waals surface area (Å²) in [5.74, 6) is 2.64. The van der Waals surface area contributed by atoms with E-state index in [9.17, 15) is 0 Å². The smallest absolute Gasteiger partial charge is 0.178 e. The van der Waals surface area contributed by atoms with E-state index in [1.54, 1.807) is 6.33 Å². The van der Waals surface area contributed by atoms with Gasteiger partial charge in [0.25, 0.3) is 0 Å². The van der Waals surface area contributed by atoms with E-state index in [0.717, 1.165) is 61.4 Å². The van der Waals surface area contributed by atoms with Gasteiger partial charge < -0.3 is 14.2 Å². The van der Waals surface area contributed by atoms with Gasteiger partial charge in [-0.05, 0) is 45.5 Å². The zero-order valence-corrected chi connectivity index (χ0v) is 18.8. The van der Waals surface area contributed by atoms with Gasteiger partial charge in [0.15, 0.2) is 5.82 Å². The van der Waals surface area contributed by atoms with Crippen molar-refractivity contribution >= 4 is 0 Å². The molecular weight excluding hydrogens is 390 g/mol. The molecule has 164 valence electrons. The second-order valence-corrected chi connectivity index (χ2v) is 8.88. The van der Waals surface area contributed by atoms with Gasteiger partial charge in [0, 0.05) is 44.5 Å². The highest BCUT2D eigenvalue weighted by atomic mass is 16.5. The largest absolute Gasteiger partial charge is 0.491 e. The fourth-order valence-corrected chi connectivity index (χ4v) is 4.50. The number of ether oxygens (including phenoxy) is 1. The normalized spacial score (nSPS) is 18.4. The van der Waals surface area contributed by atoms with Gasteiger partial charge in [0.05, 0.1) is 12.1 Å². The van der Waals surface area contributed by atoms with Crippen LogP contribution in [-0.4, -0.2) is 73.9 Å². The molecule has 0 bridgehead atoms. The molecule has 4 heterocycles. The molecule has 8 heteroatoms. The summed E-state index contributed by atoms with van der Waals surface area (Å²) in [5, 5.41) is 4.38. The van der Waals surface area contributed by atoms with E-state index < -0.39 is 0 Å². The summed E-state index contributed by atoms with van der Waals surface area (Å²) in [6.07, 6.45) is 3.68. The maximum absolute atomic E-state index is 6.06. The van der Waals surface area contributed by atoms with Crippen LogP contribution in [0.5, 0.6) is 5.75 Å². The van der Waals surface area contributed by atoms with Crippen molar-refractivity contribution in [3.63, 3.8) is 0 Å². The third-order valence-electron chi connectivity index (χ3n) is 6.47. The lowest BCUT2D eigenvalue weighted by atomic mass is 10.0. The standard InChI is InChI=1S/C23H31N7O/c1-16(2)30-23(24-15-25-30)20-14-29-11-12-31-21-6-5-18(13-19(21)22(29)26-20)17(3)28-9-7-27(4)8-10-28/h5-6,13-17H,7-12H2,1-4H3. The lowest BCUT2D eigenvalue weighted by Gasteiger charge is -2.36. The summed E-state index contributed by atoms with van der Waals surface area (Å²) in [7, 11) is 2.19. The van der Waals surface area contributed by atoms with Crippen LogP contribution in [0.1, 0.15) is 38.4 Å². The predicted molar refractivity (Wildman–Crippen MR) is 120 cm³/mol. The highest BCUT2D eigenvalue weighted by Crippen LogP contribution is 2.36. The molecule has 5 rings (SSSR count). The molecule has 2 aliphatic rings. The lowest BCUT2D eigenvalue weighted by Crippen LogP contribution is -2.45. The SMILES string of the molecule is CC(c1ccc2c(c1)-c1nc(-c3ncnn3C(C)C)cn1CCO2)N1CCN(C)CC1. The van der Waals surface area contributed by atoms with Gasteiger partial charge in [-0.1, -0.05) is 6.07 Å². The van der Waals surface area contributed by atoms with Crippen molar-refractivity contribution in [2.24, 2.45) is 0 Å². The van der Waals surface area contributed by atoms with Crippen molar-refractivity contribution in [2.75, 3.05) is 39.8 Å². The summed E-state index contributed by atoms with van der Waals surface area (Å²) in [4.78, 5) is 14.4. The van der Waals surface area contributed by atoms with Crippen LogP contribution >= 0.6 is 0 Å². The van der Waals surface area contributed by atoms with Crippen LogP contribution in [0.4, 0.5) is 0 Å². The number of aromatic nitrogens is 5. The van der Waals surface area contributed by atoms with Crippen LogP contribution in [0.2, 0.25) is 0 Å². The molecule has 1 aromatic carbocycles. The molecule has 2 aromatic heterocycles. The summed E-state index contributed by atoms with van der Waals surface area (Å²) >= 11 is 0. The lowest BCUT2D eigenvalue weighted by molar-refractivity contribution is 0.119. The Labute approximate surface area is 183 Å². The number of imidazole rings is 1. The van der Waals surface area contributed by atoms with Crippen molar-refractivity contribution < 1.29 is 4.74 Å². The van der Waals surface area contributed by atoms with Gasteiger partial charge in [-0.25, -0.2) is 14.6 Å². The highest BCUT2D eigenvalue weighted by Gasteiger charge is 2.25. The monoisotopic (exact) mass is 421 g/mol. The Bertz CT molecular complexity index is 1060. The molecule has 0 saturated carbocycles. The second-order valence-electron chi connectivity index (χ2n) is 8.88.